The Balaban J connectivity index is 2.68. The molecule has 1 aromatic rings. The maximum atomic E-state index is 8.85. The Labute approximate surface area is 84.2 Å². The largest absolute Gasteiger partial charge is 0.399 e. The lowest BCUT2D eigenvalue weighted by Gasteiger charge is -2.26. The monoisotopic (exact) mass is 195 g/mol. The highest BCUT2D eigenvalue weighted by Crippen LogP contribution is 2.17. The van der Waals surface area contributed by atoms with Gasteiger partial charge in [0.2, 0.25) is 0 Å². The van der Waals surface area contributed by atoms with E-state index in [1.165, 1.54) is 0 Å². The van der Waals surface area contributed by atoms with Crippen LogP contribution in [0.15, 0.2) is 18.3 Å². The van der Waals surface area contributed by atoms with E-state index in [9.17, 15) is 0 Å². The second kappa shape index (κ2) is 4.28. The predicted molar refractivity (Wildman–Crippen MR) is 58.1 cm³/mol. The molecule has 0 aliphatic carbocycles. The summed E-state index contributed by atoms with van der Waals surface area (Å²) in [5.74, 6) is 0.739. The van der Waals surface area contributed by atoms with Crippen molar-refractivity contribution in [3.05, 3.63) is 18.3 Å². The lowest BCUT2D eigenvalue weighted by molar-refractivity contribution is 0.260. The van der Waals surface area contributed by atoms with Crippen LogP contribution in [0.4, 0.5) is 11.5 Å². The first-order valence-electron chi connectivity index (χ1n) is 4.64. The summed E-state index contributed by atoms with van der Waals surface area (Å²) in [5, 5.41) is 12.1. The number of aromatic nitrogens is 1. The van der Waals surface area contributed by atoms with Crippen LogP contribution in [0, 0.1) is 0 Å². The Morgan fingerprint density at radius 1 is 1.57 bits per heavy atom. The van der Waals surface area contributed by atoms with Gasteiger partial charge in [-0.2, -0.15) is 0 Å². The molecular formula is C10H17N3O. The number of aliphatic hydroxyl groups excluding tert-OH is 1. The SMILES string of the molecule is CC(C)(CCO)Nc1cc(N)ccn1. The van der Waals surface area contributed by atoms with Gasteiger partial charge >= 0.3 is 0 Å². The van der Waals surface area contributed by atoms with Crippen LogP contribution in [-0.4, -0.2) is 22.2 Å². The molecule has 0 aliphatic rings. The van der Waals surface area contributed by atoms with Crippen molar-refractivity contribution >= 4 is 11.5 Å². The fourth-order valence-electron chi connectivity index (χ4n) is 1.20. The van der Waals surface area contributed by atoms with E-state index < -0.39 is 0 Å². The Morgan fingerprint density at radius 3 is 2.86 bits per heavy atom. The maximum Gasteiger partial charge on any atom is 0.128 e. The van der Waals surface area contributed by atoms with Crippen molar-refractivity contribution in [2.45, 2.75) is 25.8 Å². The molecule has 1 heterocycles. The van der Waals surface area contributed by atoms with Crippen molar-refractivity contribution in [2.75, 3.05) is 17.7 Å². The molecule has 14 heavy (non-hydrogen) atoms. The number of hydrogen-bond donors (Lipinski definition) is 3. The quantitative estimate of drug-likeness (QED) is 0.676. The van der Waals surface area contributed by atoms with Crippen LogP contribution in [-0.2, 0) is 0 Å². The van der Waals surface area contributed by atoms with Crippen molar-refractivity contribution < 1.29 is 5.11 Å². The van der Waals surface area contributed by atoms with Crippen LogP contribution in [0.2, 0.25) is 0 Å². The van der Waals surface area contributed by atoms with Gasteiger partial charge in [-0.1, -0.05) is 0 Å². The van der Waals surface area contributed by atoms with E-state index in [2.05, 4.69) is 10.3 Å². The van der Waals surface area contributed by atoms with E-state index in [0.717, 1.165) is 5.82 Å². The highest BCUT2D eigenvalue weighted by Gasteiger charge is 2.16. The first-order chi connectivity index (χ1) is 6.53. The van der Waals surface area contributed by atoms with Gasteiger partial charge in [0, 0.05) is 30.1 Å². The van der Waals surface area contributed by atoms with E-state index >= 15 is 0 Å². The number of nitrogens with two attached hydrogens (primary N) is 1. The molecule has 78 valence electrons. The molecule has 1 aromatic heterocycles. The number of rotatable bonds is 4. The molecule has 0 spiro atoms. The first kappa shape index (κ1) is 10.8. The molecule has 0 amide bonds. The highest BCUT2D eigenvalue weighted by molar-refractivity contribution is 5.49. The van der Waals surface area contributed by atoms with Gasteiger partial charge in [0.25, 0.3) is 0 Å². The summed E-state index contributed by atoms with van der Waals surface area (Å²) in [4.78, 5) is 4.13. The molecule has 0 saturated heterocycles. The lowest BCUT2D eigenvalue weighted by Crippen LogP contribution is -2.32. The van der Waals surface area contributed by atoms with Gasteiger partial charge in [0.1, 0.15) is 5.82 Å². The van der Waals surface area contributed by atoms with Crippen LogP contribution in [0.5, 0.6) is 0 Å². The number of aliphatic hydroxyl groups is 1. The van der Waals surface area contributed by atoms with Crippen molar-refractivity contribution in [1.29, 1.82) is 0 Å². The third-order valence-corrected chi connectivity index (χ3v) is 1.99. The summed E-state index contributed by atoms with van der Waals surface area (Å²) in [7, 11) is 0. The average molecular weight is 195 g/mol. The minimum atomic E-state index is -0.171. The van der Waals surface area contributed by atoms with Gasteiger partial charge in [-0.3, -0.25) is 0 Å². The summed E-state index contributed by atoms with van der Waals surface area (Å²) in [6, 6.07) is 3.52. The summed E-state index contributed by atoms with van der Waals surface area (Å²) in [6.45, 7) is 4.17. The topological polar surface area (TPSA) is 71.2 Å². The van der Waals surface area contributed by atoms with E-state index in [0.29, 0.717) is 12.1 Å². The highest BCUT2D eigenvalue weighted by atomic mass is 16.3. The average Bonchev–Trinajstić information content (AvgIpc) is 2.02. The molecule has 0 bridgehead atoms. The van der Waals surface area contributed by atoms with E-state index in [4.69, 9.17) is 10.8 Å². The summed E-state index contributed by atoms with van der Waals surface area (Å²) in [5.41, 5.74) is 6.13. The van der Waals surface area contributed by atoms with Crippen LogP contribution in [0.3, 0.4) is 0 Å². The van der Waals surface area contributed by atoms with Crippen LogP contribution in [0.1, 0.15) is 20.3 Å². The third kappa shape index (κ3) is 3.22. The molecule has 4 heteroatoms. The molecule has 0 aromatic carbocycles. The maximum absolute atomic E-state index is 8.85. The predicted octanol–water partition coefficient (Wildman–Crippen LogP) is 1.24. The van der Waals surface area contributed by atoms with Crippen LogP contribution < -0.4 is 11.1 Å². The second-order valence-corrected chi connectivity index (χ2v) is 3.96. The first-order valence-corrected chi connectivity index (χ1v) is 4.64. The van der Waals surface area contributed by atoms with Crippen LogP contribution >= 0.6 is 0 Å². The minimum absolute atomic E-state index is 0.155. The Kier molecular flexibility index (Phi) is 3.30. The normalized spacial score (nSPS) is 11.4. The fourth-order valence-corrected chi connectivity index (χ4v) is 1.20. The van der Waals surface area contributed by atoms with Gasteiger partial charge in [-0.15, -0.1) is 0 Å². The fraction of sp³-hybridized carbons (Fsp3) is 0.500. The van der Waals surface area contributed by atoms with Gasteiger partial charge < -0.3 is 16.2 Å². The van der Waals surface area contributed by atoms with Gasteiger partial charge in [0.15, 0.2) is 0 Å². The summed E-state index contributed by atoms with van der Waals surface area (Å²) >= 11 is 0. The molecule has 0 radical (unpaired) electrons. The molecule has 1 rings (SSSR count). The van der Waals surface area contributed by atoms with Gasteiger partial charge in [-0.05, 0) is 26.3 Å². The Hall–Kier alpha value is -1.29. The summed E-state index contributed by atoms with van der Waals surface area (Å²) < 4.78 is 0. The lowest BCUT2D eigenvalue weighted by atomic mass is 10.0. The van der Waals surface area contributed by atoms with Crippen molar-refractivity contribution in [3.63, 3.8) is 0 Å². The second-order valence-electron chi connectivity index (χ2n) is 3.96. The zero-order chi connectivity index (χ0) is 10.6. The molecule has 0 atom stereocenters. The number of nitrogens with one attached hydrogen (secondary N) is 1. The number of nitrogens with zero attached hydrogens (tertiary/aromatic N) is 1. The van der Waals surface area contributed by atoms with E-state index in [1.807, 2.05) is 13.8 Å². The van der Waals surface area contributed by atoms with E-state index in [1.54, 1.807) is 18.3 Å². The zero-order valence-electron chi connectivity index (χ0n) is 8.62. The molecule has 0 unspecified atom stereocenters. The smallest absolute Gasteiger partial charge is 0.128 e. The Morgan fingerprint density at radius 2 is 2.29 bits per heavy atom. The molecular weight excluding hydrogens is 178 g/mol. The Bertz CT molecular complexity index is 299. The molecule has 0 fully saturated rings. The molecule has 4 nitrogen and oxygen atoms in total. The summed E-state index contributed by atoms with van der Waals surface area (Å²) in [6.07, 6.45) is 2.33. The third-order valence-electron chi connectivity index (χ3n) is 1.99. The van der Waals surface area contributed by atoms with Crippen LogP contribution in [0.25, 0.3) is 0 Å². The minimum Gasteiger partial charge on any atom is -0.399 e. The molecule has 0 saturated carbocycles. The van der Waals surface area contributed by atoms with E-state index in [-0.39, 0.29) is 12.1 Å². The standard InChI is InChI=1S/C10H17N3O/c1-10(2,4-6-14)13-9-7-8(11)3-5-12-9/h3,5,7,14H,4,6H2,1-2H3,(H3,11,12,13). The number of hydrogen-bond acceptors (Lipinski definition) is 4. The van der Waals surface area contributed by atoms with Crippen molar-refractivity contribution in [1.82, 2.24) is 4.98 Å². The zero-order valence-corrected chi connectivity index (χ0v) is 8.62. The van der Waals surface area contributed by atoms with Gasteiger partial charge in [0.05, 0.1) is 0 Å². The number of nitrogen functional groups attached to an aromatic ring is 1. The van der Waals surface area contributed by atoms with Crippen molar-refractivity contribution in [2.24, 2.45) is 0 Å². The number of anilines is 2. The van der Waals surface area contributed by atoms with Crippen molar-refractivity contribution in [3.8, 4) is 0 Å². The molecule has 0 aliphatic heterocycles. The number of pyridine rings is 1. The molecule has 4 N–H and O–H groups in total. The van der Waals surface area contributed by atoms with Gasteiger partial charge in [-0.25, -0.2) is 4.98 Å².